The highest BCUT2D eigenvalue weighted by Gasteiger charge is 2.12. The Morgan fingerprint density at radius 2 is 1.72 bits per heavy atom. The second-order valence-corrected chi connectivity index (χ2v) is 6.89. The number of methoxy groups -OCH3 is 1. The molecule has 0 unspecified atom stereocenters. The van der Waals surface area contributed by atoms with Gasteiger partial charge in [-0.3, -0.25) is 14.4 Å². The lowest BCUT2D eigenvalue weighted by molar-refractivity contribution is -0.126. The molecule has 0 fully saturated rings. The molecule has 0 radical (unpaired) electrons. The molecule has 0 heterocycles. The van der Waals surface area contributed by atoms with Crippen LogP contribution in [0.5, 0.6) is 5.75 Å². The van der Waals surface area contributed by atoms with Crippen LogP contribution in [0.1, 0.15) is 22.3 Å². The molecule has 0 aromatic heterocycles. The molecule has 9 heteroatoms. The summed E-state index contributed by atoms with van der Waals surface area (Å²) in [7, 11) is 1.57. The largest absolute Gasteiger partial charge is 0.497 e. The van der Waals surface area contributed by atoms with Crippen LogP contribution in [0.3, 0.4) is 0 Å². The van der Waals surface area contributed by atoms with Gasteiger partial charge < -0.3 is 20.7 Å². The quantitative estimate of drug-likeness (QED) is 0.528. The Balaban J connectivity index is 1.65. The van der Waals surface area contributed by atoms with Gasteiger partial charge in [0, 0.05) is 24.0 Å². The highest BCUT2D eigenvalue weighted by atomic mass is 79.9. The second kappa shape index (κ2) is 11.2. The van der Waals surface area contributed by atoms with E-state index in [-0.39, 0.29) is 36.9 Å². The van der Waals surface area contributed by atoms with Gasteiger partial charge in [-0.1, -0.05) is 12.1 Å². The van der Waals surface area contributed by atoms with Crippen LogP contribution < -0.4 is 20.7 Å². The van der Waals surface area contributed by atoms with Crippen molar-refractivity contribution in [1.29, 1.82) is 0 Å². The minimum atomic E-state index is -0.531. The van der Waals surface area contributed by atoms with Crippen LogP contribution in [0.25, 0.3) is 0 Å². The van der Waals surface area contributed by atoms with Gasteiger partial charge in [0.25, 0.3) is 5.91 Å². The molecule has 2 aromatic carbocycles. The maximum atomic E-state index is 13.2. The third-order valence-corrected chi connectivity index (χ3v) is 4.60. The van der Waals surface area contributed by atoms with Gasteiger partial charge in [-0.2, -0.15) is 0 Å². The van der Waals surface area contributed by atoms with Gasteiger partial charge in [-0.05, 0) is 51.8 Å². The Bertz CT molecular complexity index is 875. The Morgan fingerprint density at radius 3 is 2.41 bits per heavy atom. The molecule has 154 valence electrons. The number of halogens is 2. The Kier molecular flexibility index (Phi) is 8.60. The van der Waals surface area contributed by atoms with E-state index in [0.717, 1.165) is 17.4 Å². The molecule has 3 amide bonds. The molecule has 29 heavy (non-hydrogen) atoms. The average molecular weight is 466 g/mol. The van der Waals surface area contributed by atoms with Gasteiger partial charge in [0.2, 0.25) is 11.8 Å². The van der Waals surface area contributed by atoms with E-state index in [1.165, 1.54) is 12.1 Å². The first-order chi connectivity index (χ1) is 13.9. The standard InChI is InChI=1S/C20H21BrFN3O4/c1-29-15-5-2-13(3-6-15)11-24-19(27)12-25-18(26)8-9-23-20(28)16-10-14(22)4-7-17(16)21/h2-7,10H,8-9,11-12H2,1H3,(H,23,28)(H,24,27)(H,25,26). The number of nitrogens with one attached hydrogen (secondary N) is 3. The summed E-state index contributed by atoms with van der Waals surface area (Å²) in [5.74, 6) is -1.02. The van der Waals surface area contributed by atoms with E-state index in [1.807, 2.05) is 12.1 Å². The van der Waals surface area contributed by atoms with Crippen molar-refractivity contribution in [2.24, 2.45) is 0 Å². The Morgan fingerprint density at radius 1 is 1.00 bits per heavy atom. The molecule has 2 rings (SSSR count). The number of carbonyl (C=O) groups is 3. The number of ether oxygens (including phenoxy) is 1. The second-order valence-electron chi connectivity index (χ2n) is 6.03. The van der Waals surface area contributed by atoms with Gasteiger partial charge in [-0.15, -0.1) is 0 Å². The molecule has 0 bridgehead atoms. The summed E-state index contributed by atoms with van der Waals surface area (Å²) in [6.07, 6.45) is -0.00949. The molecule has 7 nitrogen and oxygen atoms in total. The van der Waals surface area contributed by atoms with Crippen molar-refractivity contribution in [2.45, 2.75) is 13.0 Å². The normalized spacial score (nSPS) is 10.2. The minimum Gasteiger partial charge on any atom is -0.497 e. The summed E-state index contributed by atoms with van der Waals surface area (Å²) < 4.78 is 18.7. The smallest absolute Gasteiger partial charge is 0.252 e. The van der Waals surface area contributed by atoms with Gasteiger partial charge in [0.05, 0.1) is 19.2 Å². The molecular formula is C20H21BrFN3O4. The fraction of sp³-hybridized carbons (Fsp3) is 0.250. The first-order valence-electron chi connectivity index (χ1n) is 8.78. The maximum absolute atomic E-state index is 13.2. The van der Waals surface area contributed by atoms with Gasteiger partial charge in [0.15, 0.2) is 0 Å². The molecule has 0 aliphatic carbocycles. The van der Waals surface area contributed by atoms with E-state index < -0.39 is 11.7 Å². The van der Waals surface area contributed by atoms with Crippen LogP contribution in [-0.4, -0.2) is 37.9 Å². The van der Waals surface area contributed by atoms with E-state index in [0.29, 0.717) is 11.0 Å². The number of hydrogen-bond donors (Lipinski definition) is 3. The van der Waals surface area contributed by atoms with Crippen LogP contribution in [0.2, 0.25) is 0 Å². The third kappa shape index (κ3) is 7.53. The summed E-state index contributed by atoms with van der Waals surface area (Å²) in [5, 5.41) is 7.71. The first-order valence-corrected chi connectivity index (χ1v) is 9.58. The molecule has 0 aliphatic heterocycles. The number of carbonyl (C=O) groups excluding carboxylic acids is 3. The van der Waals surface area contributed by atoms with Crippen LogP contribution in [-0.2, 0) is 16.1 Å². The Hall–Kier alpha value is -2.94. The zero-order valence-corrected chi connectivity index (χ0v) is 17.3. The van der Waals surface area contributed by atoms with E-state index in [4.69, 9.17) is 4.74 Å². The van der Waals surface area contributed by atoms with Crippen molar-refractivity contribution in [3.63, 3.8) is 0 Å². The zero-order chi connectivity index (χ0) is 21.2. The number of hydrogen-bond acceptors (Lipinski definition) is 4. The summed E-state index contributed by atoms with van der Waals surface area (Å²) in [5.41, 5.74) is 1.04. The molecule has 0 spiro atoms. The van der Waals surface area contributed by atoms with Crippen molar-refractivity contribution < 1.29 is 23.5 Å². The Labute approximate surface area is 176 Å². The fourth-order valence-corrected chi connectivity index (χ4v) is 2.76. The van der Waals surface area contributed by atoms with Crippen molar-refractivity contribution in [3.05, 3.63) is 63.9 Å². The van der Waals surface area contributed by atoms with E-state index in [2.05, 4.69) is 31.9 Å². The lowest BCUT2D eigenvalue weighted by atomic mass is 10.2. The minimum absolute atomic E-state index is 0.00949. The SMILES string of the molecule is COc1ccc(CNC(=O)CNC(=O)CCNC(=O)c2cc(F)ccc2Br)cc1. The number of amides is 3. The number of benzene rings is 2. The zero-order valence-electron chi connectivity index (χ0n) is 15.8. The molecule has 2 aromatic rings. The molecule has 0 saturated heterocycles. The highest BCUT2D eigenvalue weighted by molar-refractivity contribution is 9.10. The van der Waals surface area contributed by atoms with Crippen LogP contribution in [0.15, 0.2) is 46.9 Å². The monoisotopic (exact) mass is 465 g/mol. The molecule has 0 atom stereocenters. The first kappa shape index (κ1) is 22.4. The van der Waals surface area contributed by atoms with E-state index >= 15 is 0 Å². The predicted octanol–water partition coefficient (Wildman–Crippen LogP) is 2.15. The predicted molar refractivity (Wildman–Crippen MR) is 109 cm³/mol. The summed E-state index contributed by atoms with van der Waals surface area (Å²) in [6, 6.07) is 11.0. The lowest BCUT2D eigenvalue weighted by Gasteiger charge is -2.09. The summed E-state index contributed by atoms with van der Waals surface area (Å²) >= 11 is 3.17. The van der Waals surface area contributed by atoms with Crippen molar-refractivity contribution >= 4 is 33.7 Å². The van der Waals surface area contributed by atoms with Crippen molar-refractivity contribution in [3.8, 4) is 5.75 Å². The molecule has 0 saturated carbocycles. The lowest BCUT2D eigenvalue weighted by Crippen LogP contribution is -2.38. The maximum Gasteiger partial charge on any atom is 0.252 e. The van der Waals surface area contributed by atoms with Crippen LogP contribution >= 0.6 is 15.9 Å². The average Bonchev–Trinajstić information content (AvgIpc) is 2.72. The number of rotatable bonds is 9. The molecule has 3 N–H and O–H groups in total. The molecular weight excluding hydrogens is 445 g/mol. The molecule has 0 aliphatic rings. The van der Waals surface area contributed by atoms with Crippen molar-refractivity contribution in [2.75, 3.05) is 20.2 Å². The third-order valence-electron chi connectivity index (χ3n) is 3.91. The van der Waals surface area contributed by atoms with Crippen molar-refractivity contribution in [1.82, 2.24) is 16.0 Å². The van der Waals surface area contributed by atoms with E-state index in [1.54, 1.807) is 19.2 Å². The highest BCUT2D eigenvalue weighted by Crippen LogP contribution is 2.17. The van der Waals surface area contributed by atoms with Gasteiger partial charge in [0.1, 0.15) is 11.6 Å². The summed E-state index contributed by atoms with van der Waals surface area (Å²) in [4.78, 5) is 35.6. The fourth-order valence-electron chi connectivity index (χ4n) is 2.33. The van der Waals surface area contributed by atoms with E-state index in [9.17, 15) is 18.8 Å². The van der Waals surface area contributed by atoms with Crippen LogP contribution in [0, 0.1) is 5.82 Å². The van der Waals surface area contributed by atoms with Gasteiger partial charge in [-0.25, -0.2) is 4.39 Å². The van der Waals surface area contributed by atoms with Gasteiger partial charge >= 0.3 is 0 Å². The topological polar surface area (TPSA) is 96.5 Å². The summed E-state index contributed by atoms with van der Waals surface area (Å²) in [6.45, 7) is 0.219. The van der Waals surface area contributed by atoms with Crippen LogP contribution in [0.4, 0.5) is 4.39 Å².